The van der Waals surface area contributed by atoms with Crippen molar-refractivity contribution in [3.8, 4) is 0 Å². The summed E-state index contributed by atoms with van der Waals surface area (Å²) in [6.45, 7) is 3.27. The van der Waals surface area contributed by atoms with Crippen molar-refractivity contribution in [3.63, 3.8) is 0 Å². The topological polar surface area (TPSA) is 67.9 Å². The smallest absolute Gasteiger partial charge is 0.305 e. The van der Waals surface area contributed by atoms with Crippen molar-refractivity contribution in [2.75, 3.05) is 32.8 Å². The average Bonchev–Trinajstić information content (AvgIpc) is 2.76. The Bertz CT molecular complexity index is 879. The molecule has 0 saturated carbocycles. The highest BCUT2D eigenvalue weighted by Gasteiger charge is 2.22. The molecule has 31 heavy (non-hydrogen) atoms. The molecule has 0 aliphatic carbocycles. The lowest BCUT2D eigenvalue weighted by atomic mass is 10.2. The number of carbonyl (C=O) groups excluding carboxylic acids is 2. The van der Waals surface area contributed by atoms with Gasteiger partial charge in [-0.1, -0.05) is 30.3 Å². The van der Waals surface area contributed by atoms with E-state index in [2.05, 4.69) is 22.3 Å². The van der Waals surface area contributed by atoms with E-state index in [9.17, 15) is 18.4 Å². The Hall–Kier alpha value is -2.84. The number of ether oxygens (including phenoxy) is 2. The third-order valence-electron chi connectivity index (χ3n) is 4.92. The van der Waals surface area contributed by atoms with E-state index in [0.717, 1.165) is 25.2 Å². The Labute approximate surface area is 180 Å². The van der Waals surface area contributed by atoms with Gasteiger partial charge in [0.05, 0.1) is 12.2 Å². The van der Waals surface area contributed by atoms with Crippen LogP contribution in [0.15, 0.2) is 48.5 Å². The fraction of sp³-hybridized carbons (Fsp3) is 0.391. The van der Waals surface area contributed by atoms with Gasteiger partial charge in [0.1, 0.15) is 24.3 Å². The third kappa shape index (κ3) is 7.41. The molecule has 166 valence electrons. The van der Waals surface area contributed by atoms with E-state index >= 15 is 0 Å². The molecule has 1 unspecified atom stereocenters. The highest BCUT2D eigenvalue weighted by molar-refractivity contribution is 5.94. The maximum absolute atomic E-state index is 13.6. The summed E-state index contributed by atoms with van der Waals surface area (Å²) in [5.41, 5.74) is 0.987. The molecule has 1 saturated heterocycles. The van der Waals surface area contributed by atoms with Crippen LogP contribution in [0.3, 0.4) is 0 Å². The Kier molecular flexibility index (Phi) is 8.49. The molecule has 6 nitrogen and oxygen atoms in total. The zero-order valence-corrected chi connectivity index (χ0v) is 17.2. The summed E-state index contributed by atoms with van der Waals surface area (Å²) in [6, 6.07) is 12.9. The predicted molar refractivity (Wildman–Crippen MR) is 110 cm³/mol. The molecule has 2 aromatic rings. The first-order valence-corrected chi connectivity index (χ1v) is 10.3. The molecule has 0 aromatic heterocycles. The number of hydrogen-bond acceptors (Lipinski definition) is 5. The number of hydrogen-bond donors (Lipinski definition) is 1. The highest BCUT2D eigenvalue weighted by atomic mass is 19.1. The van der Waals surface area contributed by atoms with Crippen molar-refractivity contribution in [2.24, 2.45) is 0 Å². The first-order chi connectivity index (χ1) is 15.0. The SMILES string of the molecule is O=C(CCCNC(=O)c1ccc(F)cc1F)OCC1CN(Cc2ccccc2)CCO1. The molecule has 0 bridgehead atoms. The van der Waals surface area contributed by atoms with E-state index in [1.165, 1.54) is 5.56 Å². The van der Waals surface area contributed by atoms with Gasteiger partial charge in [0.2, 0.25) is 0 Å². The van der Waals surface area contributed by atoms with Crippen LogP contribution in [0.4, 0.5) is 8.78 Å². The number of halogens is 2. The van der Waals surface area contributed by atoms with Crippen LogP contribution in [0.1, 0.15) is 28.8 Å². The van der Waals surface area contributed by atoms with Gasteiger partial charge in [-0.15, -0.1) is 0 Å². The number of amides is 1. The van der Waals surface area contributed by atoms with E-state index in [4.69, 9.17) is 9.47 Å². The molecule has 0 spiro atoms. The second-order valence-electron chi connectivity index (χ2n) is 7.38. The van der Waals surface area contributed by atoms with Gasteiger partial charge in [-0.25, -0.2) is 8.78 Å². The monoisotopic (exact) mass is 432 g/mol. The van der Waals surface area contributed by atoms with E-state index in [1.807, 2.05) is 18.2 Å². The molecule has 1 aliphatic heterocycles. The van der Waals surface area contributed by atoms with Gasteiger partial charge in [0.15, 0.2) is 0 Å². The second-order valence-corrected chi connectivity index (χ2v) is 7.38. The van der Waals surface area contributed by atoms with Crippen LogP contribution in [0.2, 0.25) is 0 Å². The number of rotatable bonds is 9. The van der Waals surface area contributed by atoms with Gasteiger partial charge < -0.3 is 14.8 Å². The number of esters is 1. The van der Waals surface area contributed by atoms with Gasteiger partial charge in [0.25, 0.3) is 5.91 Å². The minimum atomic E-state index is -0.925. The van der Waals surface area contributed by atoms with Gasteiger partial charge >= 0.3 is 5.97 Å². The minimum absolute atomic E-state index is 0.118. The zero-order chi connectivity index (χ0) is 22.1. The third-order valence-corrected chi connectivity index (χ3v) is 4.92. The fourth-order valence-electron chi connectivity index (χ4n) is 3.33. The number of nitrogens with zero attached hydrogens (tertiary/aromatic N) is 1. The number of nitrogens with one attached hydrogen (secondary N) is 1. The Balaban J connectivity index is 1.31. The van der Waals surface area contributed by atoms with E-state index in [0.29, 0.717) is 25.6 Å². The summed E-state index contributed by atoms with van der Waals surface area (Å²) in [6.07, 6.45) is 0.286. The molecule has 1 heterocycles. The van der Waals surface area contributed by atoms with Crippen molar-refractivity contribution in [3.05, 3.63) is 71.3 Å². The summed E-state index contributed by atoms with van der Waals surface area (Å²) in [5, 5.41) is 2.51. The Morgan fingerprint density at radius 2 is 1.97 bits per heavy atom. The Morgan fingerprint density at radius 1 is 1.16 bits per heavy atom. The summed E-state index contributed by atoms with van der Waals surface area (Å²) >= 11 is 0. The number of benzene rings is 2. The van der Waals surface area contributed by atoms with Crippen molar-refractivity contribution in [2.45, 2.75) is 25.5 Å². The molecular formula is C23H26F2N2O4. The maximum Gasteiger partial charge on any atom is 0.305 e. The van der Waals surface area contributed by atoms with E-state index in [-0.39, 0.29) is 37.2 Å². The van der Waals surface area contributed by atoms with Crippen LogP contribution in [0, 0.1) is 11.6 Å². The lowest BCUT2D eigenvalue weighted by Crippen LogP contribution is -2.44. The summed E-state index contributed by atoms with van der Waals surface area (Å²) < 4.78 is 37.5. The number of carbonyl (C=O) groups is 2. The summed E-state index contributed by atoms with van der Waals surface area (Å²) in [5.74, 6) is -2.71. The Morgan fingerprint density at radius 3 is 2.74 bits per heavy atom. The molecule has 1 fully saturated rings. The van der Waals surface area contributed by atoms with Crippen LogP contribution in [-0.2, 0) is 20.8 Å². The van der Waals surface area contributed by atoms with Crippen LogP contribution in [0.25, 0.3) is 0 Å². The molecule has 1 atom stereocenters. The molecule has 1 amide bonds. The summed E-state index contributed by atoms with van der Waals surface area (Å²) in [7, 11) is 0. The van der Waals surface area contributed by atoms with Crippen LogP contribution in [-0.4, -0.2) is 55.7 Å². The molecule has 1 N–H and O–H groups in total. The fourth-order valence-corrected chi connectivity index (χ4v) is 3.33. The second kappa shape index (κ2) is 11.5. The number of morpholine rings is 1. The highest BCUT2D eigenvalue weighted by Crippen LogP contribution is 2.12. The normalized spacial score (nSPS) is 16.6. The van der Waals surface area contributed by atoms with Crippen molar-refractivity contribution >= 4 is 11.9 Å². The quantitative estimate of drug-likeness (QED) is 0.488. The first kappa shape index (κ1) is 22.8. The van der Waals surface area contributed by atoms with Gasteiger partial charge in [-0.3, -0.25) is 14.5 Å². The maximum atomic E-state index is 13.6. The van der Waals surface area contributed by atoms with Crippen molar-refractivity contribution < 1.29 is 27.8 Å². The van der Waals surface area contributed by atoms with Crippen LogP contribution >= 0.6 is 0 Å². The van der Waals surface area contributed by atoms with Crippen LogP contribution < -0.4 is 5.32 Å². The zero-order valence-electron chi connectivity index (χ0n) is 17.2. The lowest BCUT2D eigenvalue weighted by molar-refractivity contribution is -0.150. The summed E-state index contributed by atoms with van der Waals surface area (Å²) in [4.78, 5) is 26.1. The molecule has 3 rings (SSSR count). The van der Waals surface area contributed by atoms with E-state index in [1.54, 1.807) is 0 Å². The van der Waals surface area contributed by atoms with Gasteiger partial charge in [-0.05, 0) is 24.1 Å². The van der Waals surface area contributed by atoms with Crippen LogP contribution in [0.5, 0.6) is 0 Å². The largest absolute Gasteiger partial charge is 0.463 e. The lowest BCUT2D eigenvalue weighted by Gasteiger charge is -2.32. The molecule has 8 heteroatoms. The molecule has 1 aliphatic rings. The average molecular weight is 432 g/mol. The molecule has 0 radical (unpaired) electrons. The predicted octanol–water partition coefficient (Wildman–Crippen LogP) is 2.92. The van der Waals surface area contributed by atoms with Gasteiger partial charge in [0, 0.05) is 38.7 Å². The standard InChI is InChI=1S/C23H26F2N2O4/c24-18-8-9-20(21(25)13-18)23(29)26-10-4-7-22(28)31-16-19-15-27(11-12-30-19)14-17-5-2-1-3-6-17/h1-3,5-6,8-9,13,19H,4,7,10-12,14-16H2,(H,26,29). The molecule has 2 aromatic carbocycles. The molecular weight excluding hydrogens is 406 g/mol. The van der Waals surface area contributed by atoms with Crippen molar-refractivity contribution in [1.82, 2.24) is 10.2 Å². The van der Waals surface area contributed by atoms with E-state index < -0.39 is 17.5 Å². The van der Waals surface area contributed by atoms with Gasteiger partial charge in [-0.2, -0.15) is 0 Å². The van der Waals surface area contributed by atoms with Crippen molar-refractivity contribution in [1.29, 1.82) is 0 Å². The first-order valence-electron chi connectivity index (χ1n) is 10.3. The minimum Gasteiger partial charge on any atom is -0.463 e.